The van der Waals surface area contributed by atoms with Crippen LogP contribution in [0.25, 0.3) is 5.57 Å². The molecule has 10 heteroatoms. The molecule has 0 radical (unpaired) electrons. The van der Waals surface area contributed by atoms with Gasteiger partial charge in [-0.1, -0.05) is 0 Å². The van der Waals surface area contributed by atoms with Gasteiger partial charge in [-0.25, -0.2) is 13.8 Å². The molecule has 0 aromatic carbocycles. The maximum Gasteiger partial charge on any atom is 0.436 e. The van der Waals surface area contributed by atoms with E-state index in [0.29, 0.717) is 0 Å². The van der Waals surface area contributed by atoms with Gasteiger partial charge in [-0.15, -0.1) is 0 Å². The van der Waals surface area contributed by atoms with E-state index in [1.807, 2.05) is 0 Å². The van der Waals surface area contributed by atoms with Gasteiger partial charge in [0.1, 0.15) is 0 Å². The zero-order valence-electron chi connectivity index (χ0n) is 11.4. The molecular formula is C12H9F6NO3. The normalized spacial score (nSPS) is 13.0. The van der Waals surface area contributed by atoms with Crippen molar-refractivity contribution in [2.24, 2.45) is 0 Å². The predicted octanol–water partition coefficient (Wildman–Crippen LogP) is 3.42. The molecule has 1 heterocycles. The first-order chi connectivity index (χ1) is 10.0. The number of pyridine rings is 1. The third-order valence-corrected chi connectivity index (χ3v) is 2.47. The van der Waals surface area contributed by atoms with Gasteiger partial charge in [0.05, 0.1) is 18.2 Å². The summed E-state index contributed by atoms with van der Waals surface area (Å²) in [6.07, 6.45) is -5.38. The number of hydrogen-bond acceptors (Lipinski definition) is 4. The summed E-state index contributed by atoms with van der Waals surface area (Å²) in [7, 11) is 0.988. The lowest BCUT2D eigenvalue weighted by Crippen LogP contribution is -2.18. The number of rotatable bonds is 4. The van der Waals surface area contributed by atoms with Crippen molar-refractivity contribution in [2.75, 3.05) is 7.11 Å². The van der Waals surface area contributed by atoms with E-state index < -0.39 is 52.1 Å². The highest BCUT2D eigenvalue weighted by atomic mass is 19.4. The van der Waals surface area contributed by atoms with Gasteiger partial charge in [0, 0.05) is 0 Å². The SMILES string of the molecule is COO/C(C)=C(\C(C)=O)c1c(F)c(F)nc(C(F)(F)F)c1F. The molecule has 1 aromatic rings. The Morgan fingerprint density at radius 1 is 1.09 bits per heavy atom. The van der Waals surface area contributed by atoms with Gasteiger partial charge in [0.2, 0.25) is 5.95 Å². The molecule has 0 saturated carbocycles. The highest BCUT2D eigenvalue weighted by Crippen LogP contribution is 2.35. The van der Waals surface area contributed by atoms with Gasteiger partial charge in [0.15, 0.2) is 28.9 Å². The van der Waals surface area contributed by atoms with Crippen molar-refractivity contribution in [1.82, 2.24) is 4.98 Å². The first-order valence-electron chi connectivity index (χ1n) is 5.56. The third-order valence-electron chi connectivity index (χ3n) is 2.47. The van der Waals surface area contributed by atoms with E-state index in [1.165, 1.54) is 0 Å². The molecule has 0 bridgehead atoms. The van der Waals surface area contributed by atoms with E-state index in [2.05, 4.69) is 14.8 Å². The van der Waals surface area contributed by atoms with Crippen molar-refractivity contribution in [3.8, 4) is 0 Å². The first kappa shape index (κ1) is 18.0. The molecule has 0 atom stereocenters. The standard InChI is InChI=1S/C12H9F6NO3/c1-4(20)6(5(2)22-21-3)7-8(13)10(12(16,17)18)19-11(15)9(7)14/h1-3H3/b6-5+. The maximum atomic E-state index is 13.9. The van der Waals surface area contributed by atoms with E-state index in [9.17, 15) is 31.1 Å². The second-order valence-electron chi connectivity index (χ2n) is 3.99. The molecule has 0 aliphatic rings. The Kier molecular flexibility index (Phi) is 5.17. The number of aromatic nitrogens is 1. The van der Waals surface area contributed by atoms with Crippen LogP contribution in [-0.2, 0) is 20.7 Å². The minimum atomic E-state index is -5.38. The predicted molar refractivity (Wildman–Crippen MR) is 60.5 cm³/mol. The van der Waals surface area contributed by atoms with Crippen LogP contribution in [0.2, 0.25) is 0 Å². The minimum absolute atomic E-state index is 0.550. The number of Topliss-reactive ketones (excluding diaryl/α,β-unsaturated/α-hetero) is 1. The van der Waals surface area contributed by atoms with E-state index in [1.54, 1.807) is 0 Å². The molecule has 22 heavy (non-hydrogen) atoms. The zero-order valence-corrected chi connectivity index (χ0v) is 11.4. The van der Waals surface area contributed by atoms with Crippen LogP contribution in [0.4, 0.5) is 26.3 Å². The molecular weight excluding hydrogens is 320 g/mol. The summed E-state index contributed by atoms with van der Waals surface area (Å²) in [5, 5.41) is 0. The lowest BCUT2D eigenvalue weighted by molar-refractivity contribution is -0.235. The van der Waals surface area contributed by atoms with Gasteiger partial charge < -0.3 is 4.89 Å². The molecule has 0 amide bonds. The zero-order chi connectivity index (χ0) is 17.2. The number of carbonyl (C=O) groups is 1. The number of alkyl halides is 3. The van der Waals surface area contributed by atoms with Crippen LogP contribution in [0.1, 0.15) is 25.1 Å². The van der Waals surface area contributed by atoms with Crippen LogP contribution in [0.3, 0.4) is 0 Å². The summed E-state index contributed by atoms with van der Waals surface area (Å²) in [6.45, 7) is 1.81. The Morgan fingerprint density at radius 3 is 2.05 bits per heavy atom. The van der Waals surface area contributed by atoms with Crippen molar-refractivity contribution in [2.45, 2.75) is 20.0 Å². The Hall–Kier alpha value is -2.10. The molecule has 0 spiro atoms. The van der Waals surface area contributed by atoms with E-state index in [0.717, 1.165) is 21.0 Å². The van der Waals surface area contributed by atoms with E-state index in [4.69, 9.17) is 0 Å². The highest BCUT2D eigenvalue weighted by molar-refractivity contribution is 6.20. The lowest BCUT2D eigenvalue weighted by Gasteiger charge is -2.14. The number of nitrogens with zero attached hydrogens (tertiary/aromatic N) is 1. The van der Waals surface area contributed by atoms with Gasteiger partial charge in [-0.05, 0) is 13.8 Å². The molecule has 0 aliphatic heterocycles. The Bertz CT molecular complexity index is 639. The van der Waals surface area contributed by atoms with Crippen LogP contribution in [0, 0.1) is 17.6 Å². The molecule has 1 rings (SSSR count). The molecule has 1 aromatic heterocycles. The average Bonchev–Trinajstić information content (AvgIpc) is 2.37. The first-order valence-corrected chi connectivity index (χ1v) is 5.56. The fourth-order valence-corrected chi connectivity index (χ4v) is 1.69. The van der Waals surface area contributed by atoms with Gasteiger partial charge >= 0.3 is 6.18 Å². The molecule has 0 fully saturated rings. The monoisotopic (exact) mass is 329 g/mol. The summed E-state index contributed by atoms with van der Waals surface area (Å²) in [4.78, 5) is 22.3. The van der Waals surface area contributed by atoms with Crippen LogP contribution >= 0.6 is 0 Å². The summed E-state index contributed by atoms with van der Waals surface area (Å²) in [5.74, 6) is -8.09. The van der Waals surface area contributed by atoms with Crippen LogP contribution < -0.4 is 0 Å². The Balaban J connectivity index is 3.82. The maximum absolute atomic E-state index is 13.9. The summed E-state index contributed by atoms with van der Waals surface area (Å²) in [5.41, 5.74) is -4.75. The van der Waals surface area contributed by atoms with Crippen molar-refractivity contribution in [1.29, 1.82) is 0 Å². The van der Waals surface area contributed by atoms with Gasteiger partial charge in [-0.3, -0.25) is 4.79 Å². The number of carbonyl (C=O) groups excluding carboxylic acids is 1. The van der Waals surface area contributed by atoms with Crippen LogP contribution in [0.15, 0.2) is 5.76 Å². The van der Waals surface area contributed by atoms with Crippen LogP contribution in [-0.4, -0.2) is 17.9 Å². The average molecular weight is 329 g/mol. The molecule has 122 valence electrons. The number of allylic oxidation sites excluding steroid dienone is 2. The summed E-state index contributed by atoms with van der Waals surface area (Å²) in [6, 6.07) is 0. The number of halogens is 6. The number of ketones is 1. The van der Waals surface area contributed by atoms with Crippen molar-refractivity contribution >= 4 is 11.4 Å². The fraction of sp³-hybridized carbons (Fsp3) is 0.333. The van der Waals surface area contributed by atoms with Gasteiger partial charge in [-0.2, -0.15) is 22.4 Å². The summed E-state index contributed by atoms with van der Waals surface area (Å²) >= 11 is 0. The topological polar surface area (TPSA) is 48.4 Å². The lowest BCUT2D eigenvalue weighted by atomic mass is 10.00. The van der Waals surface area contributed by atoms with Crippen LogP contribution in [0.5, 0.6) is 0 Å². The smallest absolute Gasteiger partial charge is 0.342 e. The molecule has 0 saturated heterocycles. The quantitative estimate of drug-likeness (QED) is 0.212. The van der Waals surface area contributed by atoms with Crippen molar-refractivity contribution < 1.29 is 40.9 Å². The molecule has 0 unspecified atom stereocenters. The summed E-state index contributed by atoms with van der Waals surface area (Å²) < 4.78 is 78.7. The second-order valence-corrected chi connectivity index (χ2v) is 3.99. The molecule has 0 aliphatic carbocycles. The van der Waals surface area contributed by atoms with E-state index in [-0.39, 0.29) is 0 Å². The fourth-order valence-electron chi connectivity index (χ4n) is 1.69. The largest absolute Gasteiger partial charge is 0.436 e. The van der Waals surface area contributed by atoms with E-state index >= 15 is 0 Å². The second kappa shape index (κ2) is 6.34. The Morgan fingerprint density at radius 2 is 1.64 bits per heavy atom. The minimum Gasteiger partial charge on any atom is -0.342 e. The van der Waals surface area contributed by atoms with Crippen molar-refractivity contribution in [3.05, 3.63) is 34.6 Å². The van der Waals surface area contributed by atoms with Gasteiger partial charge in [0.25, 0.3) is 0 Å². The highest BCUT2D eigenvalue weighted by Gasteiger charge is 2.41. The van der Waals surface area contributed by atoms with Crippen molar-refractivity contribution in [3.63, 3.8) is 0 Å². The molecule has 0 N–H and O–H groups in total. The molecule has 4 nitrogen and oxygen atoms in total. The third kappa shape index (κ3) is 3.38. The Labute approximate surface area is 120 Å². The number of hydrogen-bond donors (Lipinski definition) is 0.